The lowest BCUT2D eigenvalue weighted by molar-refractivity contribution is 0.0388. The van der Waals surface area contributed by atoms with Gasteiger partial charge in [0.05, 0.1) is 13.2 Å². The van der Waals surface area contributed by atoms with Gasteiger partial charge in [-0.15, -0.1) is 0 Å². The van der Waals surface area contributed by atoms with Crippen molar-refractivity contribution < 1.29 is 9.84 Å². The molecular formula is C16H24O2. The fourth-order valence-corrected chi connectivity index (χ4v) is 3.13. The van der Waals surface area contributed by atoms with Gasteiger partial charge < -0.3 is 9.84 Å². The van der Waals surface area contributed by atoms with Gasteiger partial charge in [0.1, 0.15) is 5.75 Å². The molecule has 1 aromatic carbocycles. The summed E-state index contributed by atoms with van der Waals surface area (Å²) in [5, 5.41) is 10.7. The van der Waals surface area contributed by atoms with Gasteiger partial charge in [-0.2, -0.15) is 0 Å². The van der Waals surface area contributed by atoms with E-state index in [0.29, 0.717) is 0 Å². The molecule has 0 aromatic heterocycles. The van der Waals surface area contributed by atoms with Crippen LogP contribution in [0, 0.1) is 19.3 Å². The topological polar surface area (TPSA) is 29.5 Å². The monoisotopic (exact) mass is 248 g/mol. The van der Waals surface area contributed by atoms with Crippen molar-refractivity contribution in [2.24, 2.45) is 5.41 Å². The van der Waals surface area contributed by atoms with Crippen LogP contribution in [0.1, 0.15) is 55.4 Å². The van der Waals surface area contributed by atoms with E-state index < -0.39 is 6.10 Å². The first kappa shape index (κ1) is 13.4. The molecule has 1 saturated carbocycles. The third-order valence-electron chi connectivity index (χ3n) is 4.61. The highest BCUT2D eigenvalue weighted by atomic mass is 16.5. The molecule has 0 saturated heterocycles. The summed E-state index contributed by atoms with van der Waals surface area (Å²) in [5.74, 6) is 0.857. The highest BCUT2D eigenvalue weighted by molar-refractivity contribution is 5.46. The van der Waals surface area contributed by atoms with Crippen molar-refractivity contribution in [3.05, 3.63) is 28.8 Å². The minimum atomic E-state index is -0.422. The molecule has 100 valence electrons. The SMILES string of the molecule is COc1c(C(O)C2(C)CCCC2)ccc(C)c1C. The lowest BCUT2D eigenvalue weighted by Crippen LogP contribution is -2.22. The summed E-state index contributed by atoms with van der Waals surface area (Å²) in [6.45, 7) is 6.33. The summed E-state index contributed by atoms with van der Waals surface area (Å²) in [6, 6.07) is 4.10. The highest BCUT2D eigenvalue weighted by Gasteiger charge is 2.38. The van der Waals surface area contributed by atoms with Gasteiger partial charge in [0.15, 0.2) is 0 Å². The number of methoxy groups -OCH3 is 1. The number of ether oxygens (including phenoxy) is 1. The van der Waals surface area contributed by atoms with Crippen LogP contribution in [-0.4, -0.2) is 12.2 Å². The Bertz CT molecular complexity index is 431. The highest BCUT2D eigenvalue weighted by Crippen LogP contribution is 2.49. The van der Waals surface area contributed by atoms with Crippen LogP contribution >= 0.6 is 0 Å². The summed E-state index contributed by atoms with van der Waals surface area (Å²) in [6.07, 6.45) is 4.23. The minimum absolute atomic E-state index is 0.00891. The average molecular weight is 248 g/mol. The largest absolute Gasteiger partial charge is 0.496 e. The maximum Gasteiger partial charge on any atom is 0.127 e. The molecule has 1 unspecified atom stereocenters. The Balaban J connectivity index is 2.41. The third kappa shape index (κ3) is 2.14. The zero-order valence-corrected chi connectivity index (χ0v) is 11.9. The lowest BCUT2D eigenvalue weighted by Gasteiger charge is -2.31. The summed E-state index contributed by atoms with van der Waals surface area (Å²) in [7, 11) is 1.69. The maximum absolute atomic E-state index is 10.7. The normalized spacial score (nSPS) is 19.8. The molecule has 2 rings (SSSR count). The predicted molar refractivity (Wildman–Crippen MR) is 74.0 cm³/mol. The Labute approximate surface area is 110 Å². The fraction of sp³-hybridized carbons (Fsp3) is 0.625. The standard InChI is InChI=1S/C16H24O2/c1-11-7-8-13(14(18-4)12(11)2)15(17)16(3)9-5-6-10-16/h7-8,15,17H,5-6,9-10H2,1-4H3. The van der Waals surface area contributed by atoms with Crippen molar-refractivity contribution in [2.75, 3.05) is 7.11 Å². The van der Waals surface area contributed by atoms with Gasteiger partial charge in [0, 0.05) is 5.56 Å². The Morgan fingerprint density at radius 1 is 1.22 bits per heavy atom. The number of aliphatic hydroxyl groups is 1. The molecule has 1 fully saturated rings. The van der Waals surface area contributed by atoms with Crippen molar-refractivity contribution in [3.8, 4) is 5.75 Å². The molecular weight excluding hydrogens is 224 g/mol. The van der Waals surface area contributed by atoms with E-state index in [2.05, 4.69) is 26.8 Å². The Morgan fingerprint density at radius 3 is 2.39 bits per heavy atom. The molecule has 0 bridgehead atoms. The minimum Gasteiger partial charge on any atom is -0.496 e. The second-order valence-electron chi connectivity index (χ2n) is 5.89. The summed E-state index contributed by atoms with van der Waals surface area (Å²) >= 11 is 0. The molecule has 0 amide bonds. The van der Waals surface area contributed by atoms with Gasteiger partial charge in [-0.3, -0.25) is 0 Å². The Morgan fingerprint density at radius 2 is 1.83 bits per heavy atom. The zero-order valence-electron chi connectivity index (χ0n) is 11.9. The molecule has 2 heteroatoms. The molecule has 1 aliphatic rings. The average Bonchev–Trinajstić information content (AvgIpc) is 2.80. The fourth-order valence-electron chi connectivity index (χ4n) is 3.13. The lowest BCUT2D eigenvalue weighted by atomic mass is 9.78. The van der Waals surface area contributed by atoms with Crippen LogP contribution in [0.25, 0.3) is 0 Å². The van der Waals surface area contributed by atoms with Gasteiger partial charge in [-0.05, 0) is 43.2 Å². The van der Waals surface area contributed by atoms with E-state index in [1.165, 1.54) is 18.4 Å². The molecule has 1 aromatic rings. The van der Waals surface area contributed by atoms with E-state index in [1.54, 1.807) is 7.11 Å². The molecule has 1 aliphatic carbocycles. The summed E-state index contributed by atoms with van der Waals surface area (Å²) in [4.78, 5) is 0. The quantitative estimate of drug-likeness (QED) is 0.878. The van der Waals surface area contributed by atoms with E-state index in [4.69, 9.17) is 4.74 Å². The van der Waals surface area contributed by atoms with Crippen LogP contribution < -0.4 is 4.74 Å². The van der Waals surface area contributed by atoms with Gasteiger partial charge in [-0.25, -0.2) is 0 Å². The molecule has 0 heterocycles. The van der Waals surface area contributed by atoms with E-state index in [1.807, 2.05) is 6.07 Å². The van der Waals surface area contributed by atoms with Gasteiger partial charge in [-0.1, -0.05) is 31.9 Å². The van der Waals surface area contributed by atoms with E-state index in [0.717, 1.165) is 29.7 Å². The first-order chi connectivity index (χ1) is 8.49. The number of aliphatic hydroxyl groups excluding tert-OH is 1. The van der Waals surface area contributed by atoms with E-state index in [-0.39, 0.29) is 5.41 Å². The predicted octanol–water partition coefficient (Wildman–Crippen LogP) is 3.93. The molecule has 1 N–H and O–H groups in total. The van der Waals surface area contributed by atoms with Crippen molar-refractivity contribution >= 4 is 0 Å². The number of rotatable bonds is 3. The van der Waals surface area contributed by atoms with Crippen molar-refractivity contribution in [2.45, 2.75) is 52.6 Å². The zero-order chi connectivity index (χ0) is 13.3. The van der Waals surface area contributed by atoms with Crippen LogP contribution in [0.3, 0.4) is 0 Å². The van der Waals surface area contributed by atoms with Crippen molar-refractivity contribution in [1.82, 2.24) is 0 Å². The Hall–Kier alpha value is -1.02. The third-order valence-corrected chi connectivity index (χ3v) is 4.61. The Kier molecular flexibility index (Phi) is 3.67. The van der Waals surface area contributed by atoms with Crippen LogP contribution in [-0.2, 0) is 0 Å². The molecule has 2 nitrogen and oxygen atoms in total. The first-order valence-corrected chi connectivity index (χ1v) is 6.82. The van der Waals surface area contributed by atoms with Crippen LogP contribution in [0.4, 0.5) is 0 Å². The summed E-state index contributed by atoms with van der Waals surface area (Å²) in [5.41, 5.74) is 3.30. The first-order valence-electron chi connectivity index (χ1n) is 6.82. The van der Waals surface area contributed by atoms with Gasteiger partial charge in [0.25, 0.3) is 0 Å². The van der Waals surface area contributed by atoms with Gasteiger partial charge >= 0.3 is 0 Å². The molecule has 1 atom stereocenters. The molecule has 0 spiro atoms. The number of aryl methyl sites for hydroxylation is 1. The molecule has 18 heavy (non-hydrogen) atoms. The number of hydrogen-bond acceptors (Lipinski definition) is 2. The van der Waals surface area contributed by atoms with E-state index in [9.17, 15) is 5.11 Å². The van der Waals surface area contributed by atoms with Crippen molar-refractivity contribution in [1.29, 1.82) is 0 Å². The summed E-state index contributed by atoms with van der Waals surface area (Å²) < 4.78 is 5.52. The second-order valence-corrected chi connectivity index (χ2v) is 5.89. The number of hydrogen-bond donors (Lipinski definition) is 1. The van der Waals surface area contributed by atoms with Crippen molar-refractivity contribution in [3.63, 3.8) is 0 Å². The van der Waals surface area contributed by atoms with Crippen LogP contribution in [0.5, 0.6) is 5.75 Å². The maximum atomic E-state index is 10.7. The smallest absolute Gasteiger partial charge is 0.127 e. The molecule has 0 radical (unpaired) electrons. The molecule has 0 aliphatic heterocycles. The van der Waals surface area contributed by atoms with E-state index >= 15 is 0 Å². The van der Waals surface area contributed by atoms with Crippen LogP contribution in [0.2, 0.25) is 0 Å². The van der Waals surface area contributed by atoms with Gasteiger partial charge in [0.2, 0.25) is 0 Å². The van der Waals surface area contributed by atoms with Crippen LogP contribution in [0.15, 0.2) is 12.1 Å². The number of benzene rings is 1. The second kappa shape index (κ2) is 4.93.